The van der Waals surface area contributed by atoms with Gasteiger partial charge in [-0.3, -0.25) is 4.79 Å². The number of amides is 1. The fourth-order valence-electron chi connectivity index (χ4n) is 3.42. The lowest BCUT2D eigenvalue weighted by Crippen LogP contribution is -2.39. The van der Waals surface area contributed by atoms with Crippen molar-refractivity contribution in [2.75, 3.05) is 20.3 Å². The largest absolute Gasteiger partial charge is 0.497 e. The van der Waals surface area contributed by atoms with E-state index in [-0.39, 0.29) is 28.6 Å². The Hall–Kier alpha value is -2.58. The van der Waals surface area contributed by atoms with Crippen molar-refractivity contribution in [3.8, 4) is 11.5 Å². The lowest BCUT2D eigenvalue weighted by atomic mass is 10.1. The third kappa shape index (κ3) is 6.21. The summed E-state index contributed by atoms with van der Waals surface area (Å²) in [6.07, 6.45) is 2.04. The summed E-state index contributed by atoms with van der Waals surface area (Å²) in [6.45, 7) is 5.49. The van der Waals surface area contributed by atoms with Crippen LogP contribution in [0.4, 0.5) is 0 Å². The molecule has 0 bridgehead atoms. The van der Waals surface area contributed by atoms with Gasteiger partial charge in [-0.25, -0.2) is 0 Å². The first kappa shape index (κ1) is 23.1. The number of hydrogen-bond donors (Lipinski definition) is 0. The number of carbonyl (C=O) groups excluding carboxylic acids is 1. The molecule has 31 heavy (non-hydrogen) atoms. The summed E-state index contributed by atoms with van der Waals surface area (Å²) in [6, 6.07) is 12.7. The number of benzene rings is 2. The van der Waals surface area contributed by atoms with Gasteiger partial charge in [0.15, 0.2) is 0 Å². The molecule has 1 saturated heterocycles. The molecule has 1 amide bonds. The quantitative estimate of drug-likeness (QED) is 0.546. The molecule has 168 valence electrons. The molecule has 2 aromatic rings. The minimum absolute atomic E-state index is 0.0441. The summed E-state index contributed by atoms with van der Waals surface area (Å²) < 4.78 is 41.0. The summed E-state index contributed by atoms with van der Waals surface area (Å²) >= 11 is 0. The first-order valence-electron chi connectivity index (χ1n) is 10.4. The van der Waals surface area contributed by atoms with Crippen LogP contribution in [-0.4, -0.2) is 45.6 Å². The Kier molecular flexibility index (Phi) is 7.56. The predicted molar refractivity (Wildman–Crippen MR) is 116 cm³/mol. The van der Waals surface area contributed by atoms with Crippen molar-refractivity contribution in [2.45, 2.75) is 44.2 Å². The molecule has 1 fully saturated rings. The third-order valence-electron chi connectivity index (χ3n) is 5.10. The van der Waals surface area contributed by atoms with E-state index in [1.807, 2.05) is 18.7 Å². The van der Waals surface area contributed by atoms with Crippen LogP contribution < -0.4 is 8.92 Å². The minimum atomic E-state index is -3.95. The molecular weight excluding hydrogens is 418 g/mol. The number of hydrogen-bond acceptors (Lipinski definition) is 6. The van der Waals surface area contributed by atoms with E-state index in [1.165, 1.54) is 19.2 Å². The maximum Gasteiger partial charge on any atom is 0.339 e. The summed E-state index contributed by atoms with van der Waals surface area (Å²) in [7, 11) is -2.44. The molecule has 0 aromatic heterocycles. The molecule has 0 aliphatic carbocycles. The fourth-order valence-corrected chi connectivity index (χ4v) is 4.35. The summed E-state index contributed by atoms with van der Waals surface area (Å²) in [5.74, 6) is 0.726. The smallest absolute Gasteiger partial charge is 0.339 e. The molecule has 0 spiro atoms. The van der Waals surface area contributed by atoms with Gasteiger partial charge in [0.1, 0.15) is 16.4 Å². The normalized spacial score (nSPS) is 16.3. The Bertz CT molecular complexity index is 964. The van der Waals surface area contributed by atoms with Crippen molar-refractivity contribution in [2.24, 2.45) is 5.92 Å². The van der Waals surface area contributed by atoms with E-state index in [9.17, 15) is 13.2 Å². The SMILES string of the molecule is COc1ccc(S(=O)(=O)Oc2ccc(CN(C[C@H]3CCCO3)C(=O)C(C)C)cc2)cc1. The number of methoxy groups -OCH3 is 1. The summed E-state index contributed by atoms with van der Waals surface area (Å²) in [4.78, 5) is 14.5. The van der Waals surface area contributed by atoms with Crippen LogP contribution in [0, 0.1) is 5.92 Å². The molecule has 1 atom stereocenters. The number of rotatable bonds is 9. The highest BCUT2D eigenvalue weighted by molar-refractivity contribution is 7.87. The highest BCUT2D eigenvalue weighted by Gasteiger charge is 2.24. The summed E-state index contributed by atoms with van der Waals surface area (Å²) in [5.41, 5.74) is 0.890. The van der Waals surface area contributed by atoms with Crippen LogP contribution in [0.2, 0.25) is 0 Å². The van der Waals surface area contributed by atoms with E-state index in [1.54, 1.807) is 36.4 Å². The maximum atomic E-state index is 12.6. The van der Waals surface area contributed by atoms with E-state index < -0.39 is 10.1 Å². The van der Waals surface area contributed by atoms with Gasteiger partial charge >= 0.3 is 10.1 Å². The molecule has 0 N–H and O–H groups in total. The maximum absolute atomic E-state index is 12.6. The van der Waals surface area contributed by atoms with E-state index in [4.69, 9.17) is 13.7 Å². The van der Waals surface area contributed by atoms with Gasteiger partial charge < -0.3 is 18.6 Å². The van der Waals surface area contributed by atoms with Crippen LogP contribution in [0.5, 0.6) is 11.5 Å². The van der Waals surface area contributed by atoms with Gasteiger partial charge in [0, 0.05) is 25.6 Å². The molecule has 0 radical (unpaired) electrons. The molecule has 3 rings (SSSR count). The molecule has 0 unspecified atom stereocenters. The first-order chi connectivity index (χ1) is 14.8. The Labute approximate surface area is 184 Å². The van der Waals surface area contributed by atoms with Crippen molar-refractivity contribution in [1.82, 2.24) is 4.90 Å². The average Bonchev–Trinajstić information content (AvgIpc) is 3.27. The van der Waals surface area contributed by atoms with Gasteiger partial charge in [0.2, 0.25) is 5.91 Å². The Morgan fingerprint density at radius 3 is 2.29 bits per heavy atom. The molecule has 1 aliphatic heterocycles. The van der Waals surface area contributed by atoms with Crippen molar-refractivity contribution < 1.29 is 26.9 Å². The summed E-state index contributed by atoms with van der Waals surface area (Å²) in [5, 5.41) is 0. The molecule has 0 saturated carbocycles. The highest BCUT2D eigenvalue weighted by Crippen LogP contribution is 2.22. The fraction of sp³-hybridized carbons (Fsp3) is 0.435. The van der Waals surface area contributed by atoms with E-state index >= 15 is 0 Å². The van der Waals surface area contributed by atoms with Gasteiger partial charge in [-0.2, -0.15) is 8.42 Å². The van der Waals surface area contributed by atoms with Gasteiger partial charge in [-0.05, 0) is 54.8 Å². The zero-order chi connectivity index (χ0) is 22.4. The van der Waals surface area contributed by atoms with E-state index in [2.05, 4.69) is 0 Å². The second kappa shape index (κ2) is 10.2. The Balaban J connectivity index is 1.67. The minimum Gasteiger partial charge on any atom is -0.497 e. The van der Waals surface area contributed by atoms with Crippen LogP contribution in [0.3, 0.4) is 0 Å². The lowest BCUT2D eigenvalue weighted by Gasteiger charge is -2.27. The molecule has 1 aliphatic rings. The van der Waals surface area contributed by atoms with E-state index in [0.29, 0.717) is 18.8 Å². The number of ether oxygens (including phenoxy) is 2. The molecule has 2 aromatic carbocycles. The molecule has 1 heterocycles. The lowest BCUT2D eigenvalue weighted by molar-refractivity contribution is -0.136. The monoisotopic (exact) mass is 447 g/mol. The first-order valence-corrected chi connectivity index (χ1v) is 11.8. The molecule has 8 heteroatoms. The molecular formula is C23H29NO6S. The van der Waals surface area contributed by atoms with E-state index in [0.717, 1.165) is 25.0 Å². The van der Waals surface area contributed by atoms with Gasteiger partial charge in [0.25, 0.3) is 0 Å². The standard InChI is InChI=1S/C23H29NO6S/c1-17(2)23(25)24(16-21-5-4-14-29-21)15-18-6-8-20(9-7-18)30-31(26,27)22-12-10-19(28-3)11-13-22/h6-13,17,21H,4-5,14-16H2,1-3H3/t21-/m1/s1. The van der Waals surface area contributed by atoms with Gasteiger partial charge in [-0.15, -0.1) is 0 Å². The van der Waals surface area contributed by atoms with Crippen molar-refractivity contribution in [1.29, 1.82) is 0 Å². The van der Waals surface area contributed by atoms with Crippen molar-refractivity contribution in [3.63, 3.8) is 0 Å². The zero-order valence-electron chi connectivity index (χ0n) is 18.1. The van der Waals surface area contributed by atoms with Gasteiger partial charge in [0.05, 0.1) is 13.2 Å². The van der Waals surface area contributed by atoms with Crippen LogP contribution >= 0.6 is 0 Å². The van der Waals surface area contributed by atoms with Crippen LogP contribution in [-0.2, 0) is 26.2 Å². The number of carbonyl (C=O) groups is 1. The number of nitrogens with zero attached hydrogens (tertiary/aromatic N) is 1. The van der Waals surface area contributed by atoms with Crippen LogP contribution in [0.15, 0.2) is 53.4 Å². The zero-order valence-corrected chi connectivity index (χ0v) is 18.9. The topological polar surface area (TPSA) is 82.1 Å². The second-order valence-corrected chi connectivity index (χ2v) is 9.41. The highest BCUT2D eigenvalue weighted by atomic mass is 32.2. The predicted octanol–water partition coefficient (Wildman–Crippen LogP) is 3.63. The van der Waals surface area contributed by atoms with Crippen molar-refractivity contribution >= 4 is 16.0 Å². The van der Waals surface area contributed by atoms with Crippen molar-refractivity contribution in [3.05, 3.63) is 54.1 Å². The van der Waals surface area contributed by atoms with Gasteiger partial charge in [-0.1, -0.05) is 26.0 Å². The van der Waals surface area contributed by atoms with Crippen LogP contribution in [0.25, 0.3) is 0 Å². The second-order valence-electron chi connectivity index (χ2n) is 7.87. The Morgan fingerprint density at radius 1 is 1.10 bits per heavy atom. The average molecular weight is 448 g/mol. The Morgan fingerprint density at radius 2 is 1.74 bits per heavy atom. The molecule has 7 nitrogen and oxygen atoms in total. The third-order valence-corrected chi connectivity index (χ3v) is 6.37. The van der Waals surface area contributed by atoms with Crippen LogP contribution in [0.1, 0.15) is 32.3 Å².